The summed E-state index contributed by atoms with van der Waals surface area (Å²) in [6, 6.07) is 7.46. The molecule has 2 amide bonds. The molecule has 1 aromatic rings. The highest BCUT2D eigenvalue weighted by molar-refractivity contribution is 6.30. The molecule has 20 heavy (non-hydrogen) atoms. The number of hydrogen-bond donors (Lipinski definition) is 0. The van der Waals surface area contributed by atoms with E-state index in [9.17, 15) is 9.59 Å². The van der Waals surface area contributed by atoms with Crippen LogP contribution in [0.15, 0.2) is 35.9 Å². The van der Waals surface area contributed by atoms with Crippen LogP contribution in [0.4, 0.5) is 5.69 Å². The molecular weight excluding hydrogens is 250 g/mol. The number of amides is 2. The van der Waals surface area contributed by atoms with E-state index in [-0.39, 0.29) is 11.8 Å². The van der Waals surface area contributed by atoms with Crippen molar-refractivity contribution in [2.45, 2.75) is 46.0 Å². The summed E-state index contributed by atoms with van der Waals surface area (Å²) in [6.07, 6.45) is 6.62. The van der Waals surface area contributed by atoms with Gasteiger partial charge in [0, 0.05) is 11.6 Å². The Labute approximate surface area is 120 Å². The Kier molecular flexibility index (Phi) is 4.72. The van der Waals surface area contributed by atoms with Gasteiger partial charge in [-0.2, -0.15) is 0 Å². The number of nitrogens with zero attached hydrogens (tertiary/aromatic N) is 1. The van der Waals surface area contributed by atoms with Crippen molar-refractivity contribution in [3.63, 3.8) is 0 Å². The van der Waals surface area contributed by atoms with Gasteiger partial charge in [0.1, 0.15) is 0 Å². The lowest BCUT2D eigenvalue weighted by atomic mass is 10.1. The van der Waals surface area contributed by atoms with Gasteiger partial charge >= 0.3 is 0 Å². The van der Waals surface area contributed by atoms with Gasteiger partial charge in [0.25, 0.3) is 11.8 Å². The SMILES string of the molecule is CCCCCCC1=CC(=O)N(c2ccc(C)cc2)C1=O. The van der Waals surface area contributed by atoms with Crippen LogP contribution in [0.25, 0.3) is 0 Å². The third kappa shape index (κ3) is 3.16. The van der Waals surface area contributed by atoms with Crippen LogP contribution in [0.3, 0.4) is 0 Å². The van der Waals surface area contributed by atoms with Crippen molar-refractivity contribution in [3.05, 3.63) is 41.5 Å². The number of imide groups is 1. The van der Waals surface area contributed by atoms with Gasteiger partial charge in [-0.1, -0.05) is 43.9 Å². The minimum atomic E-state index is -0.218. The topological polar surface area (TPSA) is 37.4 Å². The molecule has 1 aliphatic rings. The van der Waals surface area contributed by atoms with Gasteiger partial charge in [-0.15, -0.1) is 0 Å². The molecule has 0 radical (unpaired) electrons. The molecule has 0 saturated carbocycles. The van der Waals surface area contributed by atoms with Gasteiger partial charge in [-0.25, -0.2) is 4.90 Å². The summed E-state index contributed by atoms with van der Waals surface area (Å²) in [4.78, 5) is 25.6. The second-order valence-electron chi connectivity index (χ2n) is 5.29. The maximum Gasteiger partial charge on any atom is 0.261 e. The van der Waals surface area contributed by atoms with Crippen LogP contribution in [0.1, 0.15) is 44.6 Å². The quantitative estimate of drug-likeness (QED) is 0.583. The highest BCUT2D eigenvalue weighted by Gasteiger charge is 2.31. The smallest absolute Gasteiger partial charge is 0.261 e. The summed E-state index contributed by atoms with van der Waals surface area (Å²) in [7, 11) is 0. The van der Waals surface area contributed by atoms with E-state index in [4.69, 9.17) is 0 Å². The van der Waals surface area contributed by atoms with Crippen LogP contribution in [-0.4, -0.2) is 11.8 Å². The standard InChI is InChI=1S/C17H21NO2/c1-3-4-5-6-7-14-12-16(19)18(17(14)20)15-10-8-13(2)9-11-15/h8-12H,3-7H2,1-2H3. The van der Waals surface area contributed by atoms with Gasteiger partial charge in [0.05, 0.1) is 5.69 Å². The Morgan fingerprint density at radius 2 is 1.70 bits per heavy atom. The number of aryl methyl sites for hydroxylation is 1. The third-order valence-electron chi connectivity index (χ3n) is 3.59. The summed E-state index contributed by atoms with van der Waals surface area (Å²) in [5.74, 6) is -0.375. The van der Waals surface area contributed by atoms with Gasteiger partial charge in [-0.05, 0) is 31.9 Å². The average molecular weight is 271 g/mol. The minimum absolute atomic E-state index is 0.157. The summed E-state index contributed by atoms with van der Waals surface area (Å²) >= 11 is 0. The number of carbonyl (C=O) groups excluding carboxylic acids is 2. The van der Waals surface area contributed by atoms with E-state index >= 15 is 0 Å². The molecule has 0 unspecified atom stereocenters. The van der Waals surface area contributed by atoms with E-state index in [1.807, 2.05) is 31.2 Å². The third-order valence-corrected chi connectivity index (χ3v) is 3.59. The molecule has 0 saturated heterocycles. The maximum absolute atomic E-state index is 12.3. The van der Waals surface area contributed by atoms with E-state index < -0.39 is 0 Å². The highest BCUT2D eigenvalue weighted by Crippen LogP contribution is 2.25. The predicted molar refractivity (Wildman–Crippen MR) is 80.5 cm³/mol. The largest absolute Gasteiger partial charge is 0.269 e. The van der Waals surface area contributed by atoms with Crippen molar-refractivity contribution < 1.29 is 9.59 Å². The fraction of sp³-hybridized carbons (Fsp3) is 0.412. The van der Waals surface area contributed by atoms with Crippen LogP contribution < -0.4 is 4.90 Å². The number of anilines is 1. The van der Waals surface area contributed by atoms with Crippen LogP contribution in [0.2, 0.25) is 0 Å². The Morgan fingerprint density at radius 3 is 2.35 bits per heavy atom. The molecule has 1 aromatic carbocycles. The number of carbonyl (C=O) groups is 2. The molecule has 0 bridgehead atoms. The highest BCUT2D eigenvalue weighted by atomic mass is 16.2. The lowest BCUT2D eigenvalue weighted by Gasteiger charge is -2.15. The fourth-order valence-corrected chi connectivity index (χ4v) is 2.38. The number of benzene rings is 1. The van der Waals surface area contributed by atoms with Crippen LogP contribution >= 0.6 is 0 Å². The van der Waals surface area contributed by atoms with E-state index in [0.717, 1.165) is 18.4 Å². The van der Waals surface area contributed by atoms with Crippen molar-refractivity contribution in [2.75, 3.05) is 4.90 Å². The molecule has 0 aliphatic carbocycles. The van der Waals surface area contributed by atoms with Gasteiger partial charge in [0.2, 0.25) is 0 Å². The molecule has 0 aromatic heterocycles. The summed E-state index contributed by atoms with van der Waals surface area (Å²) in [5, 5.41) is 0. The molecule has 3 heteroatoms. The van der Waals surface area contributed by atoms with Crippen molar-refractivity contribution >= 4 is 17.5 Å². The molecule has 3 nitrogen and oxygen atoms in total. The first-order valence-electron chi connectivity index (χ1n) is 7.29. The zero-order valence-corrected chi connectivity index (χ0v) is 12.2. The van der Waals surface area contributed by atoms with Crippen molar-refractivity contribution in [1.29, 1.82) is 0 Å². The summed E-state index contributed by atoms with van der Waals surface area (Å²) in [6.45, 7) is 4.14. The monoisotopic (exact) mass is 271 g/mol. The minimum Gasteiger partial charge on any atom is -0.269 e. The van der Waals surface area contributed by atoms with E-state index in [1.54, 1.807) is 0 Å². The van der Waals surface area contributed by atoms with Crippen LogP contribution in [0.5, 0.6) is 0 Å². The maximum atomic E-state index is 12.3. The van der Waals surface area contributed by atoms with Gasteiger partial charge in [0.15, 0.2) is 0 Å². The molecule has 106 valence electrons. The molecule has 0 atom stereocenters. The predicted octanol–water partition coefficient (Wildman–Crippen LogP) is 3.77. The second kappa shape index (κ2) is 6.51. The molecule has 1 aliphatic heterocycles. The zero-order valence-electron chi connectivity index (χ0n) is 12.2. The van der Waals surface area contributed by atoms with Gasteiger partial charge < -0.3 is 0 Å². The van der Waals surface area contributed by atoms with E-state index in [2.05, 4.69) is 6.92 Å². The first-order valence-corrected chi connectivity index (χ1v) is 7.29. The van der Waals surface area contributed by atoms with Crippen molar-refractivity contribution in [2.24, 2.45) is 0 Å². The Bertz CT molecular complexity index is 528. The van der Waals surface area contributed by atoms with Crippen molar-refractivity contribution in [1.82, 2.24) is 0 Å². The zero-order chi connectivity index (χ0) is 14.5. The summed E-state index contributed by atoms with van der Waals surface area (Å²) < 4.78 is 0. The Morgan fingerprint density at radius 1 is 1.00 bits per heavy atom. The first kappa shape index (κ1) is 14.5. The number of hydrogen-bond acceptors (Lipinski definition) is 2. The summed E-state index contributed by atoms with van der Waals surface area (Å²) in [5.41, 5.74) is 2.41. The molecule has 0 spiro atoms. The van der Waals surface area contributed by atoms with Gasteiger partial charge in [-0.3, -0.25) is 9.59 Å². The van der Waals surface area contributed by atoms with E-state index in [1.165, 1.54) is 23.8 Å². The Balaban J connectivity index is 2.03. The molecule has 1 heterocycles. The molecule has 2 rings (SSSR count). The molecule has 0 fully saturated rings. The first-order chi connectivity index (χ1) is 9.63. The lowest BCUT2D eigenvalue weighted by Crippen LogP contribution is -2.30. The average Bonchev–Trinajstić information content (AvgIpc) is 2.71. The normalized spacial score (nSPS) is 14.9. The molecule has 0 N–H and O–H groups in total. The fourth-order valence-electron chi connectivity index (χ4n) is 2.38. The Hall–Kier alpha value is -1.90. The van der Waals surface area contributed by atoms with Crippen molar-refractivity contribution in [3.8, 4) is 0 Å². The molecular formula is C17H21NO2. The lowest BCUT2D eigenvalue weighted by molar-refractivity contribution is -0.120. The number of rotatable bonds is 6. The number of unbranched alkanes of at least 4 members (excludes halogenated alkanes) is 3. The van der Waals surface area contributed by atoms with Crippen LogP contribution in [-0.2, 0) is 9.59 Å². The van der Waals surface area contributed by atoms with E-state index in [0.29, 0.717) is 17.7 Å². The second-order valence-corrected chi connectivity index (χ2v) is 5.29. The van der Waals surface area contributed by atoms with Crippen LogP contribution in [0, 0.1) is 6.92 Å².